The molecule has 1 rings (SSSR count). The normalized spacial score (nSPS) is 11.7. The lowest BCUT2D eigenvalue weighted by Crippen LogP contribution is -2.30. The molecule has 0 aliphatic carbocycles. The zero-order valence-electron chi connectivity index (χ0n) is 9.94. The van der Waals surface area contributed by atoms with Gasteiger partial charge in [0.15, 0.2) is 5.75 Å². The van der Waals surface area contributed by atoms with Crippen LogP contribution in [0.15, 0.2) is 16.6 Å². The summed E-state index contributed by atoms with van der Waals surface area (Å²) in [5, 5.41) is 22.4. The summed E-state index contributed by atoms with van der Waals surface area (Å²) in [4.78, 5) is 10.4. The minimum Gasteiger partial charge on any atom is -0.484 e. The summed E-state index contributed by atoms with van der Waals surface area (Å²) in [5.41, 5.74) is 0.526. The van der Waals surface area contributed by atoms with Gasteiger partial charge in [0.05, 0.1) is 11.0 Å². The Kier molecular flexibility index (Phi) is 5.07. The Labute approximate surface area is 113 Å². The molecule has 0 radical (unpaired) electrons. The van der Waals surface area contributed by atoms with Gasteiger partial charge in [-0.25, -0.2) is 0 Å². The third-order valence-electron chi connectivity index (χ3n) is 2.32. The highest BCUT2D eigenvalue weighted by molar-refractivity contribution is 9.10. The summed E-state index contributed by atoms with van der Waals surface area (Å²) in [5.74, 6) is 0.193. The van der Waals surface area contributed by atoms with Gasteiger partial charge < -0.3 is 10.1 Å². The zero-order valence-corrected chi connectivity index (χ0v) is 11.5. The molecular weight excluding hydrogens is 302 g/mol. The van der Waals surface area contributed by atoms with Crippen molar-refractivity contribution in [2.45, 2.75) is 13.0 Å². The Hall–Kier alpha value is -1.65. The standard InChI is InChI=1S/C11H12BrN3O3/c1-7-3-8(12)4-10(15(16)17)11(7)18-6-9(5-13)14-2/h3-4,9,14H,6H2,1-2H3. The molecule has 1 unspecified atom stereocenters. The van der Waals surface area contributed by atoms with E-state index in [2.05, 4.69) is 21.2 Å². The molecule has 0 aromatic heterocycles. The molecule has 96 valence electrons. The summed E-state index contributed by atoms with van der Waals surface area (Å²) >= 11 is 3.20. The molecule has 0 fully saturated rings. The minimum atomic E-state index is -0.507. The third-order valence-corrected chi connectivity index (χ3v) is 2.77. The number of aryl methyl sites for hydroxylation is 1. The molecule has 0 heterocycles. The van der Waals surface area contributed by atoms with Crippen molar-refractivity contribution in [1.82, 2.24) is 5.32 Å². The molecular formula is C11H12BrN3O3. The SMILES string of the molecule is CNC(C#N)COc1c(C)cc(Br)cc1[N+](=O)[O-]. The van der Waals surface area contributed by atoms with E-state index in [9.17, 15) is 10.1 Å². The molecule has 18 heavy (non-hydrogen) atoms. The van der Waals surface area contributed by atoms with Crippen molar-refractivity contribution >= 4 is 21.6 Å². The number of hydrogen-bond acceptors (Lipinski definition) is 5. The topological polar surface area (TPSA) is 88.2 Å². The van der Waals surface area contributed by atoms with Crippen LogP contribution >= 0.6 is 15.9 Å². The fourth-order valence-corrected chi connectivity index (χ4v) is 1.95. The number of likely N-dealkylation sites (N-methyl/N-ethyl adjacent to an activating group) is 1. The average molecular weight is 314 g/mol. The van der Waals surface area contributed by atoms with Crippen LogP contribution in [0.25, 0.3) is 0 Å². The number of nitro groups is 1. The van der Waals surface area contributed by atoms with E-state index in [1.165, 1.54) is 6.07 Å². The summed E-state index contributed by atoms with van der Waals surface area (Å²) in [7, 11) is 1.63. The van der Waals surface area contributed by atoms with E-state index in [4.69, 9.17) is 10.00 Å². The maximum atomic E-state index is 10.9. The Morgan fingerprint density at radius 2 is 2.33 bits per heavy atom. The molecule has 6 nitrogen and oxygen atoms in total. The van der Waals surface area contributed by atoms with Crippen molar-refractivity contribution in [1.29, 1.82) is 5.26 Å². The van der Waals surface area contributed by atoms with Gasteiger partial charge in [-0.15, -0.1) is 0 Å². The summed E-state index contributed by atoms with van der Waals surface area (Å²) in [6.45, 7) is 1.77. The highest BCUT2D eigenvalue weighted by Gasteiger charge is 2.20. The molecule has 0 amide bonds. The fourth-order valence-electron chi connectivity index (χ4n) is 1.39. The van der Waals surface area contributed by atoms with Gasteiger partial charge in [-0.2, -0.15) is 5.26 Å². The second-order valence-electron chi connectivity index (χ2n) is 3.61. The molecule has 0 spiro atoms. The van der Waals surface area contributed by atoms with Gasteiger partial charge >= 0.3 is 5.69 Å². The molecule has 0 aliphatic heterocycles. The molecule has 1 aromatic carbocycles. The van der Waals surface area contributed by atoms with Gasteiger partial charge in [0.1, 0.15) is 12.6 Å². The predicted molar refractivity (Wildman–Crippen MR) is 69.5 cm³/mol. The molecule has 0 bridgehead atoms. The third kappa shape index (κ3) is 3.42. The van der Waals surface area contributed by atoms with Crippen LogP contribution in [0.5, 0.6) is 5.75 Å². The van der Waals surface area contributed by atoms with E-state index in [0.29, 0.717) is 10.0 Å². The van der Waals surface area contributed by atoms with Gasteiger partial charge in [-0.1, -0.05) is 15.9 Å². The van der Waals surface area contributed by atoms with Crippen LogP contribution in [-0.4, -0.2) is 24.6 Å². The number of ether oxygens (including phenoxy) is 1. The fraction of sp³-hybridized carbons (Fsp3) is 0.364. The van der Waals surface area contributed by atoms with E-state index < -0.39 is 11.0 Å². The Bertz CT molecular complexity index is 499. The first-order valence-corrected chi connectivity index (χ1v) is 5.93. The Morgan fingerprint density at radius 1 is 1.67 bits per heavy atom. The largest absolute Gasteiger partial charge is 0.484 e. The van der Waals surface area contributed by atoms with Crippen LogP contribution in [0.3, 0.4) is 0 Å². The summed E-state index contributed by atoms with van der Waals surface area (Å²) in [6.07, 6.45) is 0. The van der Waals surface area contributed by atoms with E-state index >= 15 is 0 Å². The van der Waals surface area contributed by atoms with Gasteiger partial charge in [0, 0.05) is 10.5 Å². The zero-order chi connectivity index (χ0) is 13.7. The number of rotatable bonds is 5. The number of nitriles is 1. The van der Waals surface area contributed by atoms with E-state index in [-0.39, 0.29) is 18.0 Å². The number of halogens is 1. The lowest BCUT2D eigenvalue weighted by molar-refractivity contribution is -0.386. The second-order valence-corrected chi connectivity index (χ2v) is 4.53. The van der Waals surface area contributed by atoms with Gasteiger partial charge in [0.2, 0.25) is 0 Å². The number of nitro benzene ring substituents is 1. The maximum Gasteiger partial charge on any atom is 0.312 e. The minimum absolute atomic E-state index is 0.0519. The average Bonchev–Trinajstić information content (AvgIpc) is 2.31. The van der Waals surface area contributed by atoms with Crippen molar-refractivity contribution in [3.05, 3.63) is 32.3 Å². The van der Waals surface area contributed by atoms with E-state index in [0.717, 1.165) is 0 Å². The van der Waals surface area contributed by atoms with Gasteiger partial charge in [0.25, 0.3) is 0 Å². The Morgan fingerprint density at radius 3 is 2.83 bits per heavy atom. The second kappa shape index (κ2) is 6.33. The van der Waals surface area contributed by atoms with E-state index in [1.807, 2.05) is 6.07 Å². The number of hydrogen-bond donors (Lipinski definition) is 1. The van der Waals surface area contributed by atoms with Gasteiger partial charge in [-0.05, 0) is 25.6 Å². The van der Waals surface area contributed by atoms with Crippen LogP contribution in [-0.2, 0) is 0 Å². The summed E-state index contributed by atoms with van der Waals surface area (Å²) < 4.78 is 6.00. The van der Waals surface area contributed by atoms with Crippen LogP contribution in [0, 0.1) is 28.4 Å². The number of nitrogens with zero attached hydrogens (tertiary/aromatic N) is 2. The first-order valence-electron chi connectivity index (χ1n) is 5.13. The quantitative estimate of drug-likeness (QED) is 0.664. The van der Waals surface area contributed by atoms with Crippen molar-refractivity contribution in [2.24, 2.45) is 0 Å². The highest BCUT2D eigenvalue weighted by Crippen LogP contribution is 2.34. The van der Waals surface area contributed by atoms with Crippen LogP contribution < -0.4 is 10.1 Å². The van der Waals surface area contributed by atoms with Crippen LogP contribution in [0.1, 0.15) is 5.56 Å². The molecule has 0 saturated carbocycles. The molecule has 0 aliphatic rings. The number of benzene rings is 1. The molecule has 1 N–H and O–H groups in total. The van der Waals surface area contributed by atoms with Crippen molar-refractivity contribution < 1.29 is 9.66 Å². The number of nitrogens with one attached hydrogen (secondary N) is 1. The molecule has 1 aromatic rings. The first kappa shape index (κ1) is 14.4. The highest BCUT2D eigenvalue weighted by atomic mass is 79.9. The molecule has 7 heteroatoms. The van der Waals surface area contributed by atoms with Crippen LogP contribution in [0.4, 0.5) is 5.69 Å². The lowest BCUT2D eigenvalue weighted by atomic mass is 10.2. The van der Waals surface area contributed by atoms with Crippen molar-refractivity contribution in [3.63, 3.8) is 0 Å². The first-order chi connectivity index (χ1) is 8.49. The van der Waals surface area contributed by atoms with Crippen molar-refractivity contribution in [2.75, 3.05) is 13.7 Å². The Balaban J connectivity index is 3.01. The summed E-state index contributed by atoms with van der Waals surface area (Å²) in [6, 6.07) is 4.58. The van der Waals surface area contributed by atoms with Crippen LogP contribution in [0.2, 0.25) is 0 Å². The lowest BCUT2D eigenvalue weighted by Gasteiger charge is -2.12. The molecule has 0 saturated heterocycles. The monoisotopic (exact) mass is 313 g/mol. The maximum absolute atomic E-state index is 10.9. The predicted octanol–water partition coefficient (Wildman–Crippen LogP) is 2.16. The van der Waals surface area contributed by atoms with E-state index in [1.54, 1.807) is 20.0 Å². The van der Waals surface area contributed by atoms with Crippen molar-refractivity contribution in [3.8, 4) is 11.8 Å². The van der Waals surface area contributed by atoms with Gasteiger partial charge in [-0.3, -0.25) is 10.1 Å². The smallest absolute Gasteiger partial charge is 0.312 e. The molecule has 1 atom stereocenters.